The quantitative estimate of drug-likeness (QED) is 0.303. The molecule has 0 aliphatic carbocycles. The minimum Gasteiger partial charge on any atom is -0.458 e. The van der Waals surface area contributed by atoms with Crippen molar-refractivity contribution in [3.63, 3.8) is 0 Å². The molecule has 0 aromatic heterocycles. The second-order valence-corrected chi connectivity index (χ2v) is 12.2. The molecule has 4 aliphatic heterocycles. The maximum Gasteiger partial charge on any atom is 0.330 e. The highest BCUT2D eigenvalue weighted by atomic mass is 16.7. The molecular weight excluding hydrogens is 518 g/mol. The Balaban J connectivity index is 1.44. The zero-order valence-corrected chi connectivity index (χ0v) is 24.4. The summed E-state index contributed by atoms with van der Waals surface area (Å²) in [6, 6.07) is 10.5. The van der Waals surface area contributed by atoms with Crippen LogP contribution in [0.3, 0.4) is 0 Å². The van der Waals surface area contributed by atoms with Crippen molar-refractivity contribution in [1.82, 2.24) is 0 Å². The van der Waals surface area contributed by atoms with Gasteiger partial charge in [-0.3, -0.25) is 0 Å². The molecule has 3 saturated heterocycles. The predicted octanol–water partition coefficient (Wildman–Crippen LogP) is 6.46. The van der Waals surface area contributed by atoms with E-state index in [4.69, 9.17) is 23.7 Å². The van der Waals surface area contributed by atoms with E-state index in [2.05, 4.69) is 50.8 Å². The van der Waals surface area contributed by atoms with Crippen LogP contribution in [0.5, 0.6) is 0 Å². The van der Waals surface area contributed by atoms with E-state index in [0.717, 1.165) is 36.0 Å². The first-order valence-corrected chi connectivity index (χ1v) is 15.1. The third-order valence-electron chi connectivity index (χ3n) is 8.93. The van der Waals surface area contributed by atoms with E-state index in [1.807, 2.05) is 25.1 Å². The standard InChI is InChI=1S/C34H43NO6/c1-21-17-27-11-12-31(36)41-33-23(3)30(40-32(24(33)4)22(2)13-15-35)10-6-8-25-7-5-9-26(19-25)34-37-16-14-28(39-34)20-29(18-21)38-27/h5-9,11-12,19,22-24,27-30,32-34H,1,10,13-14,16-18,20H2,2-4H3/b8-6+,12-11+. The van der Waals surface area contributed by atoms with Crippen LogP contribution in [0.25, 0.3) is 6.08 Å². The van der Waals surface area contributed by atoms with Crippen LogP contribution in [0.4, 0.5) is 0 Å². The van der Waals surface area contributed by atoms with E-state index >= 15 is 0 Å². The lowest BCUT2D eigenvalue weighted by Gasteiger charge is -2.46. The first kappa shape index (κ1) is 29.7. The van der Waals surface area contributed by atoms with Gasteiger partial charge < -0.3 is 23.7 Å². The number of carbonyl (C=O) groups excluding carboxylic acids is 1. The Kier molecular flexibility index (Phi) is 9.77. The summed E-state index contributed by atoms with van der Waals surface area (Å²) in [5, 5.41) is 9.35. The van der Waals surface area contributed by atoms with Crippen molar-refractivity contribution in [2.24, 2.45) is 17.8 Å². The number of rotatable bonds is 2. The van der Waals surface area contributed by atoms with Crippen LogP contribution in [0.1, 0.15) is 76.7 Å². The Labute approximate surface area is 244 Å². The first-order valence-electron chi connectivity index (χ1n) is 15.1. The molecule has 0 amide bonds. The van der Waals surface area contributed by atoms with Crippen LogP contribution in [0, 0.1) is 29.1 Å². The van der Waals surface area contributed by atoms with Gasteiger partial charge >= 0.3 is 5.97 Å². The fourth-order valence-electron chi connectivity index (χ4n) is 6.75. The topological polar surface area (TPSA) is 87.0 Å². The molecule has 7 heteroatoms. The summed E-state index contributed by atoms with van der Waals surface area (Å²) in [5.74, 6) is -0.430. The highest BCUT2D eigenvalue weighted by Crippen LogP contribution is 2.38. The van der Waals surface area contributed by atoms with Gasteiger partial charge in [-0.1, -0.05) is 63.3 Å². The number of benzene rings is 1. The Morgan fingerprint density at radius 3 is 2.78 bits per heavy atom. The average molecular weight is 562 g/mol. The Morgan fingerprint density at radius 1 is 1.10 bits per heavy atom. The summed E-state index contributed by atoms with van der Waals surface area (Å²) >= 11 is 0. The van der Waals surface area contributed by atoms with Gasteiger partial charge in [-0.25, -0.2) is 4.79 Å². The highest BCUT2D eigenvalue weighted by Gasteiger charge is 2.44. The Hall–Kier alpha value is -2.76. The van der Waals surface area contributed by atoms with Crippen molar-refractivity contribution in [2.45, 2.75) is 102 Å². The molecule has 1 aromatic rings. The molecule has 4 heterocycles. The number of fused-ring (bicyclic) bond motifs is 9. The molecule has 7 nitrogen and oxygen atoms in total. The smallest absolute Gasteiger partial charge is 0.330 e. The fraction of sp³-hybridized carbons (Fsp3) is 0.588. The Morgan fingerprint density at radius 2 is 1.95 bits per heavy atom. The van der Waals surface area contributed by atoms with Crippen LogP contribution in [0.15, 0.2) is 54.6 Å². The number of ether oxygens (including phenoxy) is 5. The van der Waals surface area contributed by atoms with Crippen molar-refractivity contribution in [3.8, 4) is 6.07 Å². The van der Waals surface area contributed by atoms with Crippen LogP contribution in [-0.2, 0) is 28.5 Å². The van der Waals surface area contributed by atoms with Gasteiger partial charge in [-0.2, -0.15) is 5.26 Å². The van der Waals surface area contributed by atoms with Crippen molar-refractivity contribution in [3.05, 3.63) is 65.8 Å². The lowest BCUT2D eigenvalue weighted by atomic mass is 9.77. The highest BCUT2D eigenvalue weighted by molar-refractivity contribution is 5.82. The second-order valence-electron chi connectivity index (χ2n) is 12.2. The molecule has 5 rings (SSSR count). The molecule has 1 aromatic carbocycles. The summed E-state index contributed by atoms with van der Waals surface area (Å²) in [6.45, 7) is 11.1. The van der Waals surface area contributed by atoms with Crippen LogP contribution in [0.2, 0.25) is 0 Å². The van der Waals surface area contributed by atoms with Crippen LogP contribution >= 0.6 is 0 Å². The summed E-state index contributed by atoms with van der Waals surface area (Å²) in [4.78, 5) is 13.1. The van der Waals surface area contributed by atoms with E-state index < -0.39 is 6.29 Å². The molecule has 10 unspecified atom stereocenters. The fourth-order valence-corrected chi connectivity index (χ4v) is 6.75. The van der Waals surface area contributed by atoms with Gasteiger partial charge in [-0.15, -0.1) is 0 Å². The van der Waals surface area contributed by atoms with E-state index in [-0.39, 0.29) is 60.3 Å². The van der Waals surface area contributed by atoms with Crippen molar-refractivity contribution >= 4 is 12.0 Å². The molecule has 8 bridgehead atoms. The van der Waals surface area contributed by atoms with Gasteiger partial charge in [0.05, 0.1) is 43.2 Å². The Bertz CT molecular complexity index is 1190. The van der Waals surface area contributed by atoms with Crippen molar-refractivity contribution < 1.29 is 28.5 Å². The van der Waals surface area contributed by atoms with Crippen LogP contribution < -0.4 is 0 Å². The number of nitriles is 1. The zero-order valence-electron chi connectivity index (χ0n) is 24.4. The number of esters is 1. The van der Waals surface area contributed by atoms with Gasteiger partial charge in [-0.05, 0) is 49.3 Å². The predicted molar refractivity (Wildman–Crippen MR) is 155 cm³/mol. The first-order chi connectivity index (χ1) is 19.8. The maximum atomic E-state index is 13.1. The summed E-state index contributed by atoms with van der Waals surface area (Å²) in [5.41, 5.74) is 3.16. The van der Waals surface area contributed by atoms with Crippen molar-refractivity contribution in [1.29, 1.82) is 5.26 Å². The number of hydrogen-bond acceptors (Lipinski definition) is 7. The van der Waals surface area contributed by atoms with Gasteiger partial charge in [0.2, 0.25) is 0 Å². The van der Waals surface area contributed by atoms with Crippen LogP contribution in [-0.4, -0.2) is 49.2 Å². The van der Waals surface area contributed by atoms with Gasteiger partial charge in [0, 0.05) is 36.3 Å². The monoisotopic (exact) mass is 561 g/mol. The van der Waals surface area contributed by atoms with E-state index in [1.165, 1.54) is 6.08 Å². The normalized spacial score (nSPS) is 38.5. The van der Waals surface area contributed by atoms with Crippen molar-refractivity contribution in [2.75, 3.05) is 6.61 Å². The van der Waals surface area contributed by atoms with E-state index in [1.54, 1.807) is 0 Å². The minimum atomic E-state index is -0.420. The lowest BCUT2D eigenvalue weighted by molar-refractivity contribution is -0.225. The van der Waals surface area contributed by atoms with Gasteiger partial charge in [0.25, 0.3) is 0 Å². The largest absolute Gasteiger partial charge is 0.458 e. The SMILES string of the molecule is C=C1CC2/C=C/C(=O)OC3C(C)C(C/C=C/c4cccc(c4)C4OCCC(CC(C1)O2)O4)OC(C(C)CC#N)C3C. The van der Waals surface area contributed by atoms with Gasteiger partial charge in [0.1, 0.15) is 6.10 Å². The zero-order chi connectivity index (χ0) is 28.9. The summed E-state index contributed by atoms with van der Waals surface area (Å²) in [7, 11) is 0. The molecule has 0 spiro atoms. The molecule has 220 valence electrons. The molecule has 3 fully saturated rings. The molecule has 0 radical (unpaired) electrons. The number of hydrogen-bond donors (Lipinski definition) is 0. The molecular formula is C34H43NO6. The molecule has 0 N–H and O–H groups in total. The third-order valence-corrected chi connectivity index (χ3v) is 8.93. The number of carbonyl (C=O) groups is 1. The molecule has 41 heavy (non-hydrogen) atoms. The van der Waals surface area contributed by atoms with E-state index in [0.29, 0.717) is 25.9 Å². The third kappa shape index (κ3) is 7.37. The van der Waals surface area contributed by atoms with E-state index in [9.17, 15) is 10.1 Å². The summed E-state index contributed by atoms with van der Waals surface area (Å²) < 4.78 is 31.5. The molecule has 0 saturated carbocycles. The molecule has 4 aliphatic rings. The lowest BCUT2D eigenvalue weighted by Crippen LogP contribution is -2.52. The maximum absolute atomic E-state index is 13.1. The second kappa shape index (κ2) is 13.5. The number of nitrogens with zero attached hydrogens (tertiary/aromatic N) is 1. The minimum absolute atomic E-state index is 0.0138. The van der Waals surface area contributed by atoms with Gasteiger partial charge in [0.15, 0.2) is 6.29 Å². The summed E-state index contributed by atoms with van der Waals surface area (Å²) in [6.07, 6.45) is 10.2. The molecule has 10 atom stereocenters. The average Bonchev–Trinajstić information content (AvgIpc) is 2.95.